The van der Waals surface area contributed by atoms with Gasteiger partial charge in [-0.3, -0.25) is 14.2 Å². The number of nitriles is 1. The van der Waals surface area contributed by atoms with E-state index in [2.05, 4.69) is 20.5 Å². The predicted molar refractivity (Wildman–Crippen MR) is 143 cm³/mol. The second-order valence-corrected chi connectivity index (χ2v) is 8.67. The maximum atomic E-state index is 12.8. The molecule has 0 aliphatic heterocycles. The van der Waals surface area contributed by atoms with Gasteiger partial charge < -0.3 is 11.1 Å². The molecule has 0 atom stereocenters. The summed E-state index contributed by atoms with van der Waals surface area (Å²) in [6.07, 6.45) is 7.10. The highest BCUT2D eigenvalue weighted by Gasteiger charge is 2.16. The van der Waals surface area contributed by atoms with Crippen molar-refractivity contribution < 1.29 is 4.79 Å². The summed E-state index contributed by atoms with van der Waals surface area (Å²) in [6.45, 7) is 3.46. The van der Waals surface area contributed by atoms with Crippen molar-refractivity contribution in [3.8, 4) is 6.07 Å². The number of amides is 1. The van der Waals surface area contributed by atoms with E-state index in [9.17, 15) is 10.1 Å². The molecular formula is C27H25ClN8O. The van der Waals surface area contributed by atoms with Crippen LogP contribution in [-0.4, -0.2) is 30.5 Å². The number of pyridine rings is 1. The molecule has 3 N–H and O–H groups in total. The van der Waals surface area contributed by atoms with Gasteiger partial charge in [-0.25, -0.2) is 4.98 Å². The summed E-state index contributed by atoms with van der Waals surface area (Å²) in [5, 5.41) is 22.8. The molecule has 1 amide bonds. The first kappa shape index (κ1) is 25.4. The Bertz CT molecular complexity index is 1600. The number of halogens is 1. The van der Waals surface area contributed by atoms with Crippen LogP contribution in [0.1, 0.15) is 38.3 Å². The van der Waals surface area contributed by atoms with Crippen LogP contribution < -0.4 is 11.1 Å². The molecule has 0 radical (unpaired) electrons. The van der Waals surface area contributed by atoms with Gasteiger partial charge in [0.05, 0.1) is 24.8 Å². The third kappa shape index (κ3) is 5.77. The summed E-state index contributed by atoms with van der Waals surface area (Å²) in [4.78, 5) is 16.9. The van der Waals surface area contributed by atoms with E-state index in [1.165, 1.54) is 0 Å². The zero-order valence-corrected chi connectivity index (χ0v) is 20.9. The number of nitrogens with two attached hydrogens (primary N) is 1. The fourth-order valence-corrected chi connectivity index (χ4v) is 4.07. The topological polar surface area (TPSA) is 127 Å². The van der Waals surface area contributed by atoms with Crippen LogP contribution in [0.4, 0.5) is 5.82 Å². The summed E-state index contributed by atoms with van der Waals surface area (Å²) in [5.74, 6) is 0.119. The quantitative estimate of drug-likeness (QED) is 0.341. The van der Waals surface area contributed by atoms with Gasteiger partial charge in [-0.15, -0.1) is 12.4 Å². The van der Waals surface area contributed by atoms with Crippen LogP contribution in [0.3, 0.4) is 0 Å². The van der Waals surface area contributed by atoms with Crippen LogP contribution in [-0.2, 0) is 19.6 Å². The highest BCUT2D eigenvalue weighted by molar-refractivity contribution is 5.96. The summed E-state index contributed by atoms with van der Waals surface area (Å²) in [7, 11) is 0. The lowest BCUT2D eigenvalue weighted by molar-refractivity contribution is 0.0950. The monoisotopic (exact) mass is 512 g/mol. The van der Waals surface area contributed by atoms with Crippen LogP contribution >= 0.6 is 12.4 Å². The SMILES string of the molecule is Cc1cnn(Cc2ccc(Cn3cc(C(=O)NCc4ccc5c(N)nccc5c4)c(C#N)n3)cc2)c1.Cl. The molecule has 37 heavy (non-hydrogen) atoms. The summed E-state index contributed by atoms with van der Waals surface area (Å²) < 4.78 is 3.51. The normalized spacial score (nSPS) is 10.6. The first-order valence-electron chi connectivity index (χ1n) is 11.4. The highest BCUT2D eigenvalue weighted by Crippen LogP contribution is 2.20. The number of benzene rings is 2. The molecule has 10 heteroatoms. The molecule has 0 unspecified atom stereocenters. The van der Waals surface area contributed by atoms with Gasteiger partial charge in [0, 0.05) is 30.5 Å². The number of hydrogen-bond acceptors (Lipinski definition) is 6. The zero-order valence-electron chi connectivity index (χ0n) is 20.1. The third-order valence-corrected chi connectivity index (χ3v) is 5.90. The minimum atomic E-state index is -0.350. The van der Waals surface area contributed by atoms with E-state index >= 15 is 0 Å². The van der Waals surface area contributed by atoms with Crippen molar-refractivity contribution in [2.75, 3.05) is 5.73 Å². The molecule has 9 nitrogen and oxygen atoms in total. The molecule has 3 heterocycles. The molecule has 3 aromatic heterocycles. The molecule has 5 aromatic rings. The van der Waals surface area contributed by atoms with E-state index in [0.717, 1.165) is 33.0 Å². The first-order valence-corrected chi connectivity index (χ1v) is 11.4. The number of aromatic nitrogens is 5. The van der Waals surface area contributed by atoms with Gasteiger partial charge in [0.25, 0.3) is 5.91 Å². The molecule has 0 aliphatic rings. The first-order chi connectivity index (χ1) is 17.5. The van der Waals surface area contributed by atoms with Crippen LogP contribution in [0.5, 0.6) is 0 Å². The van der Waals surface area contributed by atoms with E-state index in [0.29, 0.717) is 25.5 Å². The lowest BCUT2D eigenvalue weighted by Gasteiger charge is -2.07. The molecule has 0 saturated carbocycles. The van der Waals surface area contributed by atoms with E-state index in [4.69, 9.17) is 5.73 Å². The van der Waals surface area contributed by atoms with Crippen LogP contribution in [0.25, 0.3) is 10.8 Å². The Hall–Kier alpha value is -4.68. The van der Waals surface area contributed by atoms with Crippen molar-refractivity contribution in [3.63, 3.8) is 0 Å². The zero-order chi connectivity index (χ0) is 25.1. The molecule has 0 fully saturated rings. The van der Waals surface area contributed by atoms with E-state index in [-0.39, 0.29) is 29.6 Å². The Labute approximate surface area is 220 Å². The van der Waals surface area contributed by atoms with Crippen molar-refractivity contribution in [2.24, 2.45) is 0 Å². The van der Waals surface area contributed by atoms with E-state index in [1.54, 1.807) is 17.1 Å². The second kappa shape index (κ2) is 10.9. The number of fused-ring (bicyclic) bond motifs is 1. The lowest BCUT2D eigenvalue weighted by atomic mass is 10.1. The smallest absolute Gasteiger partial charge is 0.256 e. The number of carbonyl (C=O) groups excluding carboxylic acids is 1. The van der Waals surface area contributed by atoms with Gasteiger partial charge >= 0.3 is 0 Å². The third-order valence-electron chi connectivity index (χ3n) is 5.90. The summed E-state index contributed by atoms with van der Waals surface area (Å²) in [6, 6.07) is 17.8. The Balaban J connectivity index is 0.00000320. The fourth-order valence-electron chi connectivity index (χ4n) is 4.07. The van der Waals surface area contributed by atoms with E-state index < -0.39 is 0 Å². The Morgan fingerprint density at radius 1 is 1.03 bits per heavy atom. The average molecular weight is 513 g/mol. The van der Waals surface area contributed by atoms with Crippen LogP contribution in [0, 0.1) is 18.3 Å². The van der Waals surface area contributed by atoms with Crippen LogP contribution in [0.15, 0.2) is 73.3 Å². The van der Waals surface area contributed by atoms with Crippen molar-refractivity contribution in [1.29, 1.82) is 5.26 Å². The number of hydrogen-bond donors (Lipinski definition) is 2. The largest absolute Gasteiger partial charge is 0.383 e. The molecule has 2 aromatic carbocycles. The fraction of sp³-hybridized carbons (Fsp3) is 0.148. The van der Waals surface area contributed by atoms with Crippen molar-refractivity contribution in [3.05, 3.63) is 107 Å². The maximum absolute atomic E-state index is 12.8. The Morgan fingerprint density at radius 2 is 1.73 bits per heavy atom. The minimum Gasteiger partial charge on any atom is -0.383 e. The molecule has 0 spiro atoms. The number of nitrogens with one attached hydrogen (secondary N) is 1. The number of nitrogen functional groups attached to an aromatic ring is 1. The number of rotatable bonds is 7. The van der Waals surface area contributed by atoms with Gasteiger partial charge in [-0.05, 0) is 46.7 Å². The summed E-state index contributed by atoms with van der Waals surface area (Å²) in [5.41, 5.74) is 10.4. The van der Waals surface area contributed by atoms with Crippen LogP contribution in [0.2, 0.25) is 0 Å². The van der Waals surface area contributed by atoms with Gasteiger partial charge in [-0.1, -0.05) is 36.4 Å². The average Bonchev–Trinajstić information content (AvgIpc) is 3.49. The predicted octanol–water partition coefficient (Wildman–Crippen LogP) is 3.84. The summed E-state index contributed by atoms with van der Waals surface area (Å²) >= 11 is 0. The van der Waals surface area contributed by atoms with Gasteiger partial charge in [0.2, 0.25) is 0 Å². The molecular weight excluding hydrogens is 488 g/mol. The Morgan fingerprint density at radius 3 is 2.41 bits per heavy atom. The second-order valence-electron chi connectivity index (χ2n) is 8.67. The highest BCUT2D eigenvalue weighted by atomic mass is 35.5. The van der Waals surface area contributed by atoms with E-state index in [1.807, 2.05) is 78.6 Å². The molecule has 0 saturated heterocycles. The standard InChI is InChI=1S/C27H24N8O.ClH/c1-18-12-32-34(14-18)15-19-2-4-20(5-3-19)16-35-17-24(25(11-28)33-35)27(36)31-13-21-6-7-23-22(10-21)8-9-30-26(23)29;/h2-10,12,14,17H,13,15-16H2,1H3,(H2,29,30)(H,31,36);1H. The molecule has 186 valence electrons. The minimum absolute atomic E-state index is 0. The maximum Gasteiger partial charge on any atom is 0.256 e. The molecule has 0 bridgehead atoms. The molecule has 0 aliphatic carbocycles. The number of carbonyl (C=O) groups is 1. The molecule has 5 rings (SSSR count). The number of aryl methyl sites for hydroxylation is 1. The lowest BCUT2D eigenvalue weighted by Crippen LogP contribution is -2.23. The van der Waals surface area contributed by atoms with Crippen molar-refractivity contribution in [1.82, 2.24) is 29.9 Å². The van der Waals surface area contributed by atoms with Gasteiger partial charge in [0.15, 0.2) is 5.69 Å². The Kier molecular flexibility index (Phi) is 7.51. The van der Waals surface area contributed by atoms with Crippen molar-refractivity contribution in [2.45, 2.75) is 26.6 Å². The number of nitrogens with zero attached hydrogens (tertiary/aromatic N) is 6. The van der Waals surface area contributed by atoms with Gasteiger partial charge in [-0.2, -0.15) is 15.5 Å². The van der Waals surface area contributed by atoms with Gasteiger partial charge in [0.1, 0.15) is 11.9 Å². The number of anilines is 1. The van der Waals surface area contributed by atoms with Crippen molar-refractivity contribution >= 4 is 34.9 Å².